The highest BCUT2D eigenvalue weighted by Crippen LogP contribution is 2.21. The first-order valence-corrected chi connectivity index (χ1v) is 9.01. The molecular weight excluding hydrogens is 326 g/mol. The minimum atomic E-state index is -0.309. The van der Waals surface area contributed by atoms with E-state index in [0.717, 1.165) is 11.5 Å². The first kappa shape index (κ1) is 20.3. The fraction of sp³-hybridized carbons (Fsp3) is 0.588. The summed E-state index contributed by atoms with van der Waals surface area (Å²) < 4.78 is 0. The summed E-state index contributed by atoms with van der Waals surface area (Å²) in [6.07, 6.45) is 2.75. The summed E-state index contributed by atoms with van der Waals surface area (Å²) in [6.45, 7) is 13.9. The second kappa shape index (κ2) is 8.92. The molecule has 1 saturated heterocycles. The van der Waals surface area contributed by atoms with E-state index in [9.17, 15) is 14.4 Å². The molecule has 0 bridgehead atoms. The standard InChI is InChI=1S/C17H27N3O3S/c1-6-14(21)18-11-19(15(22)7-2)13-20(12-18)16(23)8-9-24-10-17(3,4)5/h6-7H,1-2,8-13H2,3-5H3. The Balaban J connectivity index is 2.64. The third kappa shape index (κ3) is 6.39. The van der Waals surface area contributed by atoms with Gasteiger partial charge in [-0.2, -0.15) is 11.8 Å². The van der Waals surface area contributed by atoms with Crippen LogP contribution in [0.15, 0.2) is 25.3 Å². The SMILES string of the molecule is C=CC(=O)N1CN(C(=O)C=C)CN(C(=O)CCSCC(C)(C)C)C1. The maximum absolute atomic E-state index is 12.4. The van der Waals surface area contributed by atoms with Crippen LogP contribution in [0.2, 0.25) is 0 Å². The molecule has 0 aromatic rings. The number of amides is 3. The van der Waals surface area contributed by atoms with Crippen LogP contribution >= 0.6 is 11.8 Å². The maximum Gasteiger partial charge on any atom is 0.248 e. The van der Waals surface area contributed by atoms with Crippen molar-refractivity contribution in [3.63, 3.8) is 0 Å². The minimum absolute atomic E-state index is 0.0696. The summed E-state index contributed by atoms with van der Waals surface area (Å²) in [5.41, 5.74) is 0.221. The highest BCUT2D eigenvalue weighted by atomic mass is 32.2. The van der Waals surface area contributed by atoms with E-state index in [4.69, 9.17) is 0 Å². The molecule has 24 heavy (non-hydrogen) atoms. The highest BCUT2D eigenvalue weighted by Gasteiger charge is 2.30. The molecule has 0 N–H and O–H groups in total. The van der Waals surface area contributed by atoms with Crippen molar-refractivity contribution >= 4 is 29.5 Å². The zero-order valence-corrected chi connectivity index (χ0v) is 15.6. The Labute approximate surface area is 148 Å². The van der Waals surface area contributed by atoms with Crippen molar-refractivity contribution in [2.75, 3.05) is 31.5 Å². The third-order valence-electron chi connectivity index (χ3n) is 3.34. The summed E-state index contributed by atoms with van der Waals surface area (Å²) in [5.74, 6) is 1.01. The molecule has 1 heterocycles. The van der Waals surface area contributed by atoms with E-state index in [1.165, 1.54) is 26.9 Å². The molecule has 1 fully saturated rings. The first-order chi connectivity index (χ1) is 11.2. The van der Waals surface area contributed by atoms with Crippen molar-refractivity contribution in [1.82, 2.24) is 14.7 Å². The predicted molar refractivity (Wildman–Crippen MR) is 96.9 cm³/mol. The van der Waals surface area contributed by atoms with Crippen molar-refractivity contribution in [1.29, 1.82) is 0 Å². The molecule has 0 aromatic heterocycles. The molecule has 0 radical (unpaired) electrons. The number of nitrogens with zero attached hydrogens (tertiary/aromatic N) is 3. The Hall–Kier alpha value is -1.76. The number of carbonyl (C=O) groups is 3. The van der Waals surface area contributed by atoms with Crippen LogP contribution in [0.25, 0.3) is 0 Å². The summed E-state index contributed by atoms with van der Waals surface area (Å²) in [7, 11) is 0. The van der Waals surface area contributed by atoms with Crippen LogP contribution in [0.5, 0.6) is 0 Å². The van der Waals surface area contributed by atoms with Crippen molar-refractivity contribution in [3.05, 3.63) is 25.3 Å². The molecule has 0 aromatic carbocycles. The van der Waals surface area contributed by atoms with Crippen molar-refractivity contribution < 1.29 is 14.4 Å². The molecule has 0 spiro atoms. The van der Waals surface area contributed by atoms with Gasteiger partial charge in [-0.05, 0) is 23.3 Å². The number of thioether (sulfide) groups is 1. The van der Waals surface area contributed by atoms with E-state index in [-0.39, 0.29) is 43.1 Å². The largest absolute Gasteiger partial charge is 0.307 e. The van der Waals surface area contributed by atoms with Gasteiger partial charge >= 0.3 is 0 Å². The van der Waals surface area contributed by atoms with Gasteiger partial charge in [0.15, 0.2) is 0 Å². The van der Waals surface area contributed by atoms with E-state index in [2.05, 4.69) is 33.9 Å². The monoisotopic (exact) mass is 353 g/mol. The zero-order chi connectivity index (χ0) is 18.3. The van der Waals surface area contributed by atoms with Crippen LogP contribution in [0, 0.1) is 5.41 Å². The van der Waals surface area contributed by atoms with Crippen LogP contribution in [-0.2, 0) is 14.4 Å². The number of hydrogen-bond acceptors (Lipinski definition) is 4. The van der Waals surface area contributed by atoms with Gasteiger partial charge in [0, 0.05) is 12.2 Å². The molecule has 0 aliphatic carbocycles. The van der Waals surface area contributed by atoms with Crippen LogP contribution < -0.4 is 0 Å². The molecule has 1 rings (SSSR count). The summed E-state index contributed by atoms with van der Waals surface area (Å²) >= 11 is 1.73. The molecule has 1 aliphatic rings. The molecule has 3 amide bonds. The number of rotatable bonds is 6. The van der Waals surface area contributed by atoms with Gasteiger partial charge in [0.25, 0.3) is 0 Å². The van der Waals surface area contributed by atoms with Crippen LogP contribution in [0.1, 0.15) is 27.2 Å². The quantitative estimate of drug-likeness (QED) is 0.540. The molecule has 134 valence electrons. The van der Waals surface area contributed by atoms with Crippen LogP contribution in [0.3, 0.4) is 0 Å². The maximum atomic E-state index is 12.4. The zero-order valence-electron chi connectivity index (χ0n) is 14.8. The van der Waals surface area contributed by atoms with E-state index >= 15 is 0 Å². The minimum Gasteiger partial charge on any atom is -0.307 e. The van der Waals surface area contributed by atoms with Gasteiger partial charge in [-0.25, -0.2) is 0 Å². The first-order valence-electron chi connectivity index (χ1n) is 7.86. The molecule has 7 heteroatoms. The van der Waals surface area contributed by atoms with E-state index in [1.54, 1.807) is 11.8 Å². The lowest BCUT2D eigenvalue weighted by Gasteiger charge is -2.41. The topological polar surface area (TPSA) is 60.9 Å². The van der Waals surface area contributed by atoms with Gasteiger partial charge < -0.3 is 14.7 Å². The van der Waals surface area contributed by atoms with Crippen molar-refractivity contribution in [2.45, 2.75) is 27.2 Å². The fourth-order valence-corrected chi connectivity index (χ4v) is 3.22. The molecule has 0 atom stereocenters. The second-order valence-electron chi connectivity index (χ2n) is 6.89. The summed E-state index contributed by atoms with van der Waals surface area (Å²) in [5, 5.41) is 0. The fourth-order valence-electron chi connectivity index (χ4n) is 2.14. The van der Waals surface area contributed by atoms with Gasteiger partial charge in [0.2, 0.25) is 17.7 Å². The van der Waals surface area contributed by atoms with Gasteiger partial charge in [-0.15, -0.1) is 0 Å². The molecule has 1 aliphatic heterocycles. The van der Waals surface area contributed by atoms with Gasteiger partial charge in [0.05, 0.1) is 20.0 Å². The highest BCUT2D eigenvalue weighted by molar-refractivity contribution is 7.99. The smallest absolute Gasteiger partial charge is 0.248 e. The van der Waals surface area contributed by atoms with Gasteiger partial charge in [-0.3, -0.25) is 14.4 Å². The van der Waals surface area contributed by atoms with Gasteiger partial charge in [0.1, 0.15) is 0 Å². The van der Waals surface area contributed by atoms with E-state index < -0.39 is 0 Å². The normalized spacial score (nSPS) is 15.2. The Morgan fingerprint density at radius 2 is 1.42 bits per heavy atom. The Morgan fingerprint density at radius 1 is 0.958 bits per heavy atom. The average molecular weight is 353 g/mol. The Kier molecular flexibility index (Phi) is 7.54. The van der Waals surface area contributed by atoms with E-state index in [0.29, 0.717) is 6.42 Å². The van der Waals surface area contributed by atoms with Crippen LogP contribution in [0.4, 0.5) is 0 Å². The van der Waals surface area contributed by atoms with Crippen molar-refractivity contribution in [3.8, 4) is 0 Å². The predicted octanol–water partition coefficient (Wildman–Crippen LogP) is 1.90. The Bertz CT molecular complexity index is 486. The lowest BCUT2D eigenvalue weighted by Crippen LogP contribution is -2.59. The van der Waals surface area contributed by atoms with Crippen LogP contribution in [-0.4, -0.2) is 63.9 Å². The summed E-state index contributed by atoms with van der Waals surface area (Å²) in [6, 6.07) is 0. The molecular formula is C17H27N3O3S. The van der Waals surface area contributed by atoms with Gasteiger partial charge in [-0.1, -0.05) is 33.9 Å². The third-order valence-corrected chi connectivity index (χ3v) is 4.91. The lowest BCUT2D eigenvalue weighted by atomic mass is 10.0. The lowest BCUT2D eigenvalue weighted by molar-refractivity contribution is -0.154. The second-order valence-corrected chi connectivity index (χ2v) is 7.99. The average Bonchev–Trinajstić information content (AvgIpc) is 2.55. The number of carbonyl (C=O) groups excluding carboxylic acids is 3. The molecule has 0 saturated carbocycles. The molecule has 0 unspecified atom stereocenters. The molecule has 6 nitrogen and oxygen atoms in total. The number of hydrogen-bond donors (Lipinski definition) is 0. The van der Waals surface area contributed by atoms with E-state index in [1.807, 2.05) is 0 Å². The Morgan fingerprint density at radius 3 is 1.83 bits per heavy atom. The van der Waals surface area contributed by atoms with Crippen molar-refractivity contribution in [2.24, 2.45) is 5.41 Å². The summed E-state index contributed by atoms with van der Waals surface area (Å²) in [4.78, 5) is 40.5.